The monoisotopic (exact) mass is 216 g/mol. The fourth-order valence-corrected chi connectivity index (χ4v) is 0.884. The van der Waals surface area contributed by atoms with Gasteiger partial charge in [-0.25, -0.2) is 5.48 Å². The molecule has 0 atom stereocenters. The second kappa shape index (κ2) is 5.43. The molecule has 7 heteroatoms. The second-order valence-corrected chi connectivity index (χ2v) is 2.70. The van der Waals surface area contributed by atoms with E-state index in [0.717, 1.165) is 12.0 Å². The highest BCUT2D eigenvalue weighted by Gasteiger charge is 2.04. The second-order valence-electron chi connectivity index (χ2n) is 2.23. The van der Waals surface area contributed by atoms with Crippen LogP contribution in [-0.4, -0.2) is 11.2 Å². The summed E-state index contributed by atoms with van der Waals surface area (Å²) in [6.07, 6.45) is 1.68. The zero-order valence-electron chi connectivity index (χ0n) is 7.30. The third-order valence-corrected chi connectivity index (χ3v) is 1.52. The molecule has 0 aliphatic carbocycles. The molecule has 0 heterocycles. The Labute approximate surface area is 84.4 Å². The van der Waals surface area contributed by atoms with Crippen LogP contribution in [-0.2, 0) is 9.32 Å². The molecule has 0 radical (unpaired) electrons. The number of nitro groups is 1. The van der Waals surface area contributed by atoms with E-state index in [0.29, 0.717) is 5.69 Å². The fraction of sp³-hybridized carbons (Fsp3) is 0.143. The molecule has 0 spiro atoms. The smallest absolute Gasteiger partial charge is 0.258 e. The first-order valence-corrected chi connectivity index (χ1v) is 4.76. The summed E-state index contributed by atoms with van der Waals surface area (Å²) in [6.45, 7) is 0. The van der Waals surface area contributed by atoms with Crippen LogP contribution in [0.2, 0.25) is 0 Å². The van der Waals surface area contributed by atoms with Gasteiger partial charge < -0.3 is 0 Å². The van der Waals surface area contributed by atoms with Crippen LogP contribution in [0.4, 0.5) is 11.4 Å². The predicted octanol–water partition coefficient (Wildman–Crippen LogP) is 2.15. The maximum atomic E-state index is 10.4. The van der Waals surface area contributed by atoms with E-state index in [1.54, 1.807) is 18.4 Å². The SMILES string of the molecule is CSOONc1cccc([N+](=O)[O-])c1. The molecule has 76 valence electrons. The number of hydrogen-bond acceptors (Lipinski definition) is 6. The van der Waals surface area contributed by atoms with Gasteiger partial charge in [0, 0.05) is 30.4 Å². The lowest BCUT2D eigenvalue weighted by Crippen LogP contribution is -1.98. The Hall–Kier alpha value is -1.31. The minimum absolute atomic E-state index is 0.0113. The molecule has 0 unspecified atom stereocenters. The first-order valence-electron chi connectivity index (χ1n) is 3.61. The Balaban J connectivity index is 2.59. The zero-order chi connectivity index (χ0) is 10.4. The normalized spacial score (nSPS) is 9.79. The Morgan fingerprint density at radius 2 is 2.36 bits per heavy atom. The number of hydrogen-bond donors (Lipinski definition) is 1. The molecule has 0 aliphatic rings. The van der Waals surface area contributed by atoms with Gasteiger partial charge in [0.25, 0.3) is 5.69 Å². The van der Waals surface area contributed by atoms with Crippen molar-refractivity contribution in [3.8, 4) is 0 Å². The molecular weight excluding hydrogens is 208 g/mol. The van der Waals surface area contributed by atoms with E-state index in [1.165, 1.54) is 12.1 Å². The lowest BCUT2D eigenvalue weighted by molar-refractivity contribution is -0.384. The molecule has 0 bridgehead atoms. The standard InChI is InChI=1S/C7H8N2O4S/c1-14-13-12-8-6-3-2-4-7(5-6)9(10)11/h2-5,8H,1H3. The van der Waals surface area contributed by atoms with Crippen molar-refractivity contribution < 1.29 is 14.2 Å². The Bertz CT molecular complexity index is 320. The van der Waals surface area contributed by atoms with Crippen LogP contribution < -0.4 is 5.48 Å². The van der Waals surface area contributed by atoms with Crippen LogP contribution in [0.15, 0.2) is 24.3 Å². The molecule has 0 fully saturated rings. The molecule has 1 rings (SSSR count). The van der Waals surface area contributed by atoms with Gasteiger partial charge in [0.05, 0.1) is 10.6 Å². The number of nitrogens with one attached hydrogen (secondary N) is 1. The van der Waals surface area contributed by atoms with Gasteiger partial charge in [0.15, 0.2) is 0 Å². The average Bonchev–Trinajstić information content (AvgIpc) is 2.19. The number of nitrogens with zero attached hydrogens (tertiary/aromatic N) is 1. The van der Waals surface area contributed by atoms with Crippen molar-refractivity contribution in [2.45, 2.75) is 0 Å². The van der Waals surface area contributed by atoms with Crippen LogP contribution in [0.1, 0.15) is 0 Å². The lowest BCUT2D eigenvalue weighted by Gasteiger charge is -2.02. The fourth-order valence-electron chi connectivity index (χ4n) is 0.782. The van der Waals surface area contributed by atoms with E-state index in [-0.39, 0.29) is 5.69 Å². The molecule has 0 aromatic heterocycles. The van der Waals surface area contributed by atoms with E-state index < -0.39 is 4.92 Å². The summed E-state index contributed by atoms with van der Waals surface area (Å²) in [4.78, 5) is 14.4. The molecule has 1 aromatic carbocycles. The van der Waals surface area contributed by atoms with Gasteiger partial charge >= 0.3 is 0 Å². The third kappa shape index (κ3) is 3.21. The van der Waals surface area contributed by atoms with Gasteiger partial charge in [0.2, 0.25) is 0 Å². The molecule has 0 saturated heterocycles. The first kappa shape index (κ1) is 10.8. The van der Waals surface area contributed by atoms with Gasteiger partial charge in [-0.2, -0.15) is 0 Å². The number of nitro benzene ring substituents is 1. The summed E-state index contributed by atoms with van der Waals surface area (Å²) in [5, 5.41) is 10.4. The van der Waals surface area contributed by atoms with Gasteiger partial charge in [-0.3, -0.25) is 10.1 Å². The third-order valence-electron chi connectivity index (χ3n) is 1.32. The van der Waals surface area contributed by atoms with Crippen LogP contribution >= 0.6 is 12.0 Å². The lowest BCUT2D eigenvalue weighted by atomic mass is 10.3. The maximum absolute atomic E-state index is 10.4. The number of benzene rings is 1. The highest BCUT2D eigenvalue weighted by Crippen LogP contribution is 2.17. The van der Waals surface area contributed by atoms with Crippen molar-refractivity contribution in [3.05, 3.63) is 34.4 Å². The summed E-state index contributed by atoms with van der Waals surface area (Å²) >= 11 is 1.01. The van der Waals surface area contributed by atoms with Gasteiger partial charge in [0.1, 0.15) is 0 Å². The molecule has 0 aliphatic heterocycles. The summed E-state index contributed by atoms with van der Waals surface area (Å²) in [6, 6.07) is 5.89. The molecule has 0 amide bonds. The van der Waals surface area contributed by atoms with E-state index >= 15 is 0 Å². The van der Waals surface area contributed by atoms with Crippen molar-refractivity contribution in [2.75, 3.05) is 11.7 Å². The van der Waals surface area contributed by atoms with Crippen molar-refractivity contribution in [2.24, 2.45) is 0 Å². The topological polar surface area (TPSA) is 73.6 Å². The largest absolute Gasteiger partial charge is 0.271 e. The first-order chi connectivity index (χ1) is 6.74. The van der Waals surface area contributed by atoms with Crippen LogP contribution in [0, 0.1) is 10.1 Å². The highest BCUT2D eigenvalue weighted by molar-refractivity contribution is 7.93. The molecule has 1 N–H and O–H groups in total. The Morgan fingerprint density at radius 1 is 1.57 bits per heavy atom. The average molecular weight is 216 g/mol. The van der Waals surface area contributed by atoms with Crippen molar-refractivity contribution in [1.82, 2.24) is 0 Å². The van der Waals surface area contributed by atoms with Crippen LogP contribution in [0.25, 0.3) is 0 Å². The zero-order valence-corrected chi connectivity index (χ0v) is 8.11. The van der Waals surface area contributed by atoms with Crippen LogP contribution in [0.3, 0.4) is 0 Å². The van der Waals surface area contributed by atoms with Gasteiger partial charge in [-0.15, -0.1) is 9.32 Å². The number of anilines is 1. The summed E-state index contributed by atoms with van der Waals surface area (Å²) in [7, 11) is 0. The quantitative estimate of drug-likeness (QED) is 0.267. The minimum Gasteiger partial charge on any atom is -0.258 e. The summed E-state index contributed by atoms with van der Waals surface area (Å²) in [5.41, 5.74) is 2.83. The molecule has 6 nitrogen and oxygen atoms in total. The molecular formula is C7H8N2O4S. The maximum Gasteiger partial charge on any atom is 0.271 e. The van der Waals surface area contributed by atoms with E-state index in [9.17, 15) is 10.1 Å². The summed E-state index contributed by atoms with van der Waals surface area (Å²) in [5.74, 6) is 0. The Morgan fingerprint density at radius 3 is 3.00 bits per heavy atom. The Kier molecular flexibility index (Phi) is 4.17. The molecule has 0 saturated carbocycles. The summed E-state index contributed by atoms with van der Waals surface area (Å²) < 4.78 is 4.47. The van der Waals surface area contributed by atoms with E-state index in [2.05, 4.69) is 14.8 Å². The van der Waals surface area contributed by atoms with Crippen LogP contribution in [0.5, 0.6) is 0 Å². The van der Waals surface area contributed by atoms with E-state index in [1.807, 2.05) is 0 Å². The van der Waals surface area contributed by atoms with E-state index in [4.69, 9.17) is 0 Å². The van der Waals surface area contributed by atoms with Crippen molar-refractivity contribution in [1.29, 1.82) is 0 Å². The van der Waals surface area contributed by atoms with Gasteiger partial charge in [-0.1, -0.05) is 6.07 Å². The highest BCUT2D eigenvalue weighted by atomic mass is 32.2. The number of rotatable bonds is 5. The van der Waals surface area contributed by atoms with Gasteiger partial charge in [-0.05, 0) is 6.07 Å². The van der Waals surface area contributed by atoms with Crippen molar-refractivity contribution in [3.63, 3.8) is 0 Å². The predicted molar refractivity (Wildman–Crippen MR) is 52.4 cm³/mol. The molecule has 14 heavy (non-hydrogen) atoms. The number of non-ortho nitro benzene ring substituents is 1. The molecule has 1 aromatic rings. The minimum atomic E-state index is -0.486. The van der Waals surface area contributed by atoms with Crippen molar-refractivity contribution >= 4 is 23.4 Å².